The lowest BCUT2D eigenvalue weighted by Crippen LogP contribution is -2.48. The third-order valence-corrected chi connectivity index (χ3v) is 3.65. The van der Waals surface area contributed by atoms with Gasteiger partial charge in [-0.25, -0.2) is 4.79 Å². The summed E-state index contributed by atoms with van der Waals surface area (Å²) in [4.78, 5) is 12.2. The summed E-state index contributed by atoms with van der Waals surface area (Å²) in [6, 6.07) is 6.94. The van der Waals surface area contributed by atoms with Crippen molar-refractivity contribution < 1.29 is 27.4 Å². The van der Waals surface area contributed by atoms with Gasteiger partial charge in [-0.05, 0) is 17.7 Å². The summed E-state index contributed by atoms with van der Waals surface area (Å²) in [5, 5.41) is 0.522. The monoisotopic (exact) mass is 352 g/mol. The van der Waals surface area contributed by atoms with Crippen LogP contribution in [0.15, 0.2) is 24.3 Å². The van der Waals surface area contributed by atoms with Crippen molar-refractivity contribution in [3.8, 4) is 0 Å². The molecule has 1 aromatic carbocycles. The second-order valence-corrected chi connectivity index (χ2v) is 5.58. The Hall–Kier alpha value is -1.51. The number of nitrogens with two attached hydrogens (primary N) is 1. The Bertz CT molecular complexity index is 556. The molecule has 5 nitrogen and oxygen atoms in total. The van der Waals surface area contributed by atoms with Crippen LogP contribution in [0.3, 0.4) is 0 Å². The molecule has 0 saturated carbocycles. The first-order valence-electron chi connectivity index (χ1n) is 6.88. The molecule has 23 heavy (non-hydrogen) atoms. The van der Waals surface area contributed by atoms with E-state index in [-0.39, 0.29) is 13.2 Å². The van der Waals surface area contributed by atoms with E-state index < -0.39 is 31.0 Å². The topological polar surface area (TPSA) is 64.8 Å². The fourth-order valence-corrected chi connectivity index (χ4v) is 2.56. The first-order valence-corrected chi connectivity index (χ1v) is 7.25. The van der Waals surface area contributed by atoms with E-state index in [0.717, 1.165) is 5.56 Å². The Morgan fingerprint density at radius 2 is 2.26 bits per heavy atom. The summed E-state index contributed by atoms with van der Waals surface area (Å²) in [5.41, 5.74) is 5.49. The van der Waals surface area contributed by atoms with Crippen molar-refractivity contribution in [3.63, 3.8) is 0 Å². The van der Waals surface area contributed by atoms with Crippen molar-refractivity contribution >= 4 is 17.7 Å². The maximum absolute atomic E-state index is 12.9. The molecule has 9 heteroatoms. The number of alkyl halides is 3. The largest absolute Gasteiger partial charge is 0.435 e. The number of halogens is 4. The Labute approximate surface area is 136 Å². The number of hydrogen-bond donors (Lipinski definition) is 1. The molecule has 0 radical (unpaired) electrons. The number of nitrogens with zero attached hydrogens (tertiary/aromatic N) is 1. The third-order valence-electron chi connectivity index (χ3n) is 3.42. The van der Waals surface area contributed by atoms with Gasteiger partial charge in [0.15, 0.2) is 0 Å². The minimum Gasteiger partial charge on any atom is -0.435 e. The summed E-state index contributed by atoms with van der Waals surface area (Å²) in [5.74, 6) is 0. The van der Waals surface area contributed by atoms with Crippen LogP contribution in [-0.2, 0) is 9.47 Å². The van der Waals surface area contributed by atoms with Crippen molar-refractivity contribution in [3.05, 3.63) is 34.9 Å². The number of carbonyl (C=O) groups is 1. The van der Waals surface area contributed by atoms with Gasteiger partial charge in [0.2, 0.25) is 6.10 Å². The van der Waals surface area contributed by atoms with Crippen LogP contribution < -0.4 is 5.73 Å². The number of ether oxygens (including phenoxy) is 2. The average molecular weight is 353 g/mol. The summed E-state index contributed by atoms with van der Waals surface area (Å²) < 4.78 is 48.5. The van der Waals surface area contributed by atoms with E-state index in [1.165, 1.54) is 4.90 Å². The van der Waals surface area contributed by atoms with Gasteiger partial charge in [0.25, 0.3) is 0 Å². The fourth-order valence-electron chi connectivity index (χ4n) is 2.36. The van der Waals surface area contributed by atoms with Gasteiger partial charge in [0.1, 0.15) is 0 Å². The van der Waals surface area contributed by atoms with Gasteiger partial charge in [0, 0.05) is 24.7 Å². The summed E-state index contributed by atoms with van der Waals surface area (Å²) in [6.45, 7) is 0.298. The van der Waals surface area contributed by atoms with Crippen molar-refractivity contribution in [1.82, 2.24) is 4.90 Å². The lowest BCUT2D eigenvalue weighted by atomic mass is 10.1. The Morgan fingerprint density at radius 1 is 1.52 bits per heavy atom. The normalized spacial score (nSPS) is 21.0. The molecule has 1 fully saturated rings. The molecular weight excluding hydrogens is 337 g/mol. The molecule has 1 heterocycles. The van der Waals surface area contributed by atoms with Crippen molar-refractivity contribution in [1.29, 1.82) is 0 Å². The highest BCUT2D eigenvalue weighted by Crippen LogP contribution is 2.28. The summed E-state index contributed by atoms with van der Waals surface area (Å²) >= 11 is 5.91. The lowest BCUT2D eigenvalue weighted by Gasteiger charge is -2.35. The molecule has 0 aromatic heterocycles. The predicted molar refractivity (Wildman–Crippen MR) is 77.1 cm³/mol. The van der Waals surface area contributed by atoms with Crippen LogP contribution in [0.4, 0.5) is 18.0 Å². The van der Waals surface area contributed by atoms with E-state index in [0.29, 0.717) is 11.6 Å². The maximum atomic E-state index is 12.9. The molecule has 0 aliphatic carbocycles. The SMILES string of the molecule is NC(=O)O[C@@H](CN1CCO[C@H](c2cccc(Cl)c2)C1)C(F)(F)F. The number of rotatable bonds is 4. The molecule has 2 rings (SSSR count). The molecular formula is C14H16ClF3N2O3. The second kappa shape index (κ2) is 7.37. The molecule has 0 unspecified atom stereocenters. The quantitative estimate of drug-likeness (QED) is 0.905. The van der Waals surface area contributed by atoms with Crippen LogP contribution in [0.1, 0.15) is 11.7 Å². The van der Waals surface area contributed by atoms with Crippen LogP contribution >= 0.6 is 11.6 Å². The molecule has 1 aromatic rings. The smallest absolute Gasteiger partial charge is 0.426 e. The zero-order chi connectivity index (χ0) is 17.0. The zero-order valence-electron chi connectivity index (χ0n) is 12.1. The van der Waals surface area contributed by atoms with E-state index in [2.05, 4.69) is 4.74 Å². The van der Waals surface area contributed by atoms with Crippen LogP contribution in [0, 0.1) is 0 Å². The molecule has 1 aliphatic heterocycles. The number of amides is 1. The Balaban J connectivity index is 2.03. The number of morpholine rings is 1. The number of primary amides is 1. The molecule has 0 spiro atoms. The van der Waals surface area contributed by atoms with Gasteiger partial charge in [0.05, 0.1) is 12.7 Å². The molecule has 2 N–H and O–H groups in total. The van der Waals surface area contributed by atoms with Crippen LogP contribution in [-0.4, -0.2) is 49.5 Å². The molecule has 1 aliphatic rings. The Morgan fingerprint density at radius 3 is 2.87 bits per heavy atom. The number of carbonyl (C=O) groups excluding carboxylic acids is 1. The molecule has 128 valence electrons. The molecule has 0 bridgehead atoms. The van der Waals surface area contributed by atoms with Gasteiger partial charge >= 0.3 is 12.3 Å². The average Bonchev–Trinajstić information content (AvgIpc) is 2.45. The predicted octanol–water partition coefficient (Wildman–Crippen LogP) is 2.74. The zero-order valence-corrected chi connectivity index (χ0v) is 12.8. The number of benzene rings is 1. The van der Waals surface area contributed by atoms with Gasteiger partial charge in [-0.1, -0.05) is 23.7 Å². The van der Waals surface area contributed by atoms with Crippen molar-refractivity contribution in [2.24, 2.45) is 5.73 Å². The highest BCUT2D eigenvalue weighted by atomic mass is 35.5. The van der Waals surface area contributed by atoms with Crippen LogP contribution in [0.5, 0.6) is 0 Å². The Kier molecular flexibility index (Phi) is 5.72. The first kappa shape index (κ1) is 17.8. The first-order chi connectivity index (χ1) is 10.8. The second-order valence-electron chi connectivity index (χ2n) is 5.14. The van der Waals surface area contributed by atoms with Crippen LogP contribution in [0.25, 0.3) is 0 Å². The highest BCUT2D eigenvalue weighted by molar-refractivity contribution is 6.30. The molecule has 2 atom stereocenters. The van der Waals surface area contributed by atoms with E-state index in [1.54, 1.807) is 24.3 Å². The van der Waals surface area contributed by atoms with Gasteiger partial charge in [-0.3, -0.25) is 4.90 Å². The fraction of sp³-hybridized carbons (Fsp3) is 0.500. The van der Waals surface area contributed by atoms with Crippen molar-refractivity contribution in [2.75, 3.05) is 26.2 Å². The van der Waals surface area contributed by atoms with E-state index in [1.807, 2.05) is 0 Å². The molecule has 1 saturated heterocycles. The highest BCUT2D eigenvalue weighted by Gasteiger charge is 2.44. The minimum atomic E-state index is -4.68. The standard InChI is InChI=1S/C14H16ClF3N2O3/c15-10-3-1-2-9(6-10)11-7-20(4-5-22-11)8-12(14(16,17)18)23-13(19)21/h1-3,6,11-12H,4-5,7-8H2,(H2,19,21)/t11-,12-/m0/s1. The van der Waals surface area contributed by atoms with E-state index >= 15 is 0 Å². The lowest BCUT2D eigenvalue weighted by molar-refractivity contribution is -0.210. The summed E-state index contributed by atoms with van der Waals surface area (Å²) in [7, 11) is 0. The van der Waals surface area contributed by atoms with Gasteiger partial charge in [-0.2, -0.15) is 13.2 Å². The third kappa shape index (κ3) is 5.26. The summed E-state index contributed by atoms with van der Waals surface area (Å²) in [6.07, 6.45) is -8.80. The maximum Gasteiger partial charge on any atom is 0.426 e. The van der Waals surface area contributed by atoms with Gasteiger partial charge in [-0.15, -0.1) is 0 Å². The van der Waals surface area contributed by atoms with Gasteiger partial charge < -0.3 is 15.2 Å². The van der Waals surface area contributed by atoms with Crippen molar-refractivity contribution in [2.45, 2.75) is 18.4 Å². The van der Waals surface area contributed by atoms with Crippen LogP contribution in [0.2, 0.25) is 5.02 Å². The van der Waals surface area contributed by atoms with E-state index in [9.17, 15) is 18.0 Å². The van der Waals surface area contributed by atoms with E-state index in [4.69, 9.17) is 22.1 Å². The number of hydrogen-bond acceptors (Lipinski definition) is 4. The molecule has 1 amide bonds. The minimum absolute atomic E-state index is 0.231.